The van der Waals surface area contributed by atoms with E-state index in [-0.39, 0.29) is 17.9 Å². The topological polar surface area (TPSA) is 63.4 Å². The molecule has 0 saturated heterocycles. The van der Waals surface area contributed by atoms with E-state index >= 15 is 0 Å². The molecule has 1 fully saturated rings. The molecule has 0 aromatic rings. The fraction of sp³-hybridized carbons (Fsp3) is 0.867. The Labute approximate surface area is 121 Å². The lowest BCUT2D eigenvalue weighted by molar-refractivity contribution is 0.0949. The monoisotopic (exact) mass is 282 g/mol. The molecule has 20 heavy (non-hydrogen) atoms. The third-order valence-electron chi connectivity index (χ3n) is 4.29. The van der Waals surface area contributed by atoms with Crippen LogP contribution in [0.15, 0.2) is 9.98 Å². The van der Waals surface area contributed by atoms with Crippen LogP contribution in [0.4, 0.5) is 0 Å². The Balaban J connectivity index is 2.22. The number of ether oxygens (including phenoxy) is 2. The first kappa shape index (κ1) is 15.3. The standard InChI is InChI=1S/C15H26N2O3/c1-9(2)11-14(19-3)17-12(15(16-11)20-4)13(18)10-7-5-6-8-10/h9-13,18H,5-8H2,1-4H3/t11-,12+,13+/m1/s1. The van der Waals surface area contributed by atoms with Gasteiger partial charge in [0.05, 0.1) is 20.3 Å². The van der Waals surface area contributed by atoms with E-state index in [1.165, 1.54) is 12.8 Å². The van der Waals surface area contributed by atoms with E-state index in [2.05, 4.69) is 23.8 Å². The van der Waals surface area contributed by atoms with Crippen molar-refractivity contribution < 1.29 is 14.6 Å². The minimum absolute atomic E-state index is 0.123. The van der Waals surface area contributed by atoms with Crippen molar-refractivity contribution in [2.45, 2.75) is 57.7 Å². The quantitative estimate of drug-likeness (QED) is 0.861. The van der Waals surface area contributed by atoms with Crippen LogP contribution >= 0.6 is 0 Å². The average Bonchev–Trinajstić information content (AvgIpc) is 2.99. The smallest absolute Gasteiger partial charge is 0.212 e. The number of aliphatic hydroxyl groups is 1. The number of methoxy groups -OCH3 is 2. The molecule has 0 spiro atoms. The molecule has 0 bridgehead atoms. The summed E-state index contributed by atoms with van der Waals surface area (Å²) < 4.78 is 10.8. The summed E-state index contributed by atoms with van der Waals surface area (Å²) in [6.07, 6.45) is 3.95. The van der Waals surface area contributed by atoms with Gasteiger partial charge in [0.2, 0.25) is 11.8 Å². The van der Waals surface area contributed by atoms with Gasteiger partial charge in [0.1, 0.15) is 6.04 Å². The minimum Gasteiger partial charge on any atom is -0.483 e. The second kappa shape index (κ2) is 6.57. The number of rotatable bonds is 3. The van der Waals surface area contributed by atoms with Crippen molar-refractivity contribution in [1.29, 1.82) is 0 Å². The summed E-state index contributed by atoms with van der Waals surface area (Å²) in [5.74, 6) is 1.70. The van der Waals surface area contributed by atoms with Crippen molar-refractivity contribution in [3.63, 3.8) is 0 Å². The predicted octanol–water partition coefficient (Wildman–Crippen LogP) is 2.03. The van der Waals surface area contributed by atoms with E-state index in [0.717, 1.165) is 12.8 Å². The zero-order valence-electron chi connectivity index (χ0n) is 12.9. The highest BCUT2D eigenvalue weighted by Gasteiger charge is 2.38. The van der Waals surface area contributed by atoms with Crippen LogP contribution in [-0.4, -0.2) is 49.3 Å². The predicted molar refractivity (Wildman–Crippen MR) is 79.3 cm³/mol. The molecule has 1 heterocycles. The van der Waals surface area contributed by atoms with Crippen LogP contribution in [0.5, 0.6) is 0 Å². The van der Waals surface area contributed by atoms with Crippen LogP contribution in [-0.2, 0) is 9.47 Å². The fourth-order valence-corrected chi connectivity index (χ4v) is 3.10. The molecule has 114 valence electrons. The van der Waals surface area contributed by atoms with Crippen LogP contribution in [0.2, 0.25) is 0 Å². The summed E-state index contributed by atoms with van der Waals surface area (Å²) in [7, 11) is 3.21. The lowest BCUT2D eigenvalue weighted by atomic mass is 9.93. The maximum Gasteiger partial charge on any atom is 0.212 e. The lowest BCUT2D eigenvalue weighted by Crippen LogP contribution is -2.45. The van der Waals surface area contributed by atoms with Crippen molar-refractivity contribution in [3.05, 3.63) is 0 Å². The van der Waals surface area contributed by atoms with Gasteiger partial charge in [-0.25, -0.2) is 9.98 Å². The molecule has 0 aromatic carbocycles. The van der Waals surface area contributed by atoms with Crippen molar-refractivity contribution >= 4 is 11.8 Å². The van der Waals surface area contributed by atoms with Gasteiger partial charge in [-0.3, -0.25) is 0 Å². The highest BCUT2D eigenvalue weighted by atomic mass is 16.5. The summed E-state index contributed by atoms with van der Waals surface area (Å²) >= 11 is 0. The first-order valence-electron chi connectivity index (χ1n) is 7.50. The molecule has 0 unspecified atom stereocenters. The normalized spacial score (nSPS) is 29.1. The van der Waals surface area contributed by atoms with Crippen LogP contribution < -0.4 is 0 Å². The molecule has 1 aliphatic carbocycles. The Morgan fingerprint density at radius 1 is 1.00 bits per heavy atom. The molecule has 5 nitrogen and oxygen atoms in total. The Morgan fingerprint density at radius 3 is 2.00 bits per heavy atom. The molecule has 1 saturated carbocycles. The van der Waals surface area contributed by atoms with E-state index in [1.54, 1.807) is 14.2 Å². The molecule has 3 atom stereocenters. The zero-order chi connectivity index (χ0) is 14.7. The first-order chi connectivity index (χ1) is 9.58. The van der Waals surface area contributed by atoms with Gasteiger partial charge in [-0.1, -0.05) is 26.7 Å². The molecule has 2 aliphatic rings. The van der Waals surface area contributed by atoms with Crippen LogP contribution in [0.1, 0.15) is 39.5 Å². The van der Waals surface area contributed by atoms with Crippen molar-refractivity contribution in [2.24, 2.45) is 21.8 Å². The molecule has 0 aromatic heterocycles. The Morgan fingerprint density at radius 2 is 1.50 bits per heavy atom. The Hall–Kier alpha value is -1.10. The molecular weight excluding hydrogens is 256 g/mol. The number of nitrogens with zero attached hydrogens (tertiary/aromatic N) is 2. The largest absolute Gasteiger partial charge is 0.483 e. The van der Waals surface area contributed by atoms with E-state index < -0.39 is 12.1 Å². The van der Waals surface area contributed by atoms with E-state index in [0.29, 0.717) is 11.8 Å². The fourth-order valence-electron chi connectivity index (χ4n) is 3.10. The van der Waals surface area contributed by atoms with Crippen molar-refractivity contribution in [2.75, 3.05) is 14.2 Å². The van der Waals surface area contributed by atoms with Crippen LogP contribution in [0, 0.1) is 11.8 Å². The number of aliphatic hydroxyl groups excluding tert-OH is 1. The van der Waals surface area contributed by atoms with Gasteiger partial charge < -0.3 is 14.6 Å². The molecular formula is C15H26N2O3. The van der Waals surface area contributed by atoms with Gasteiger partial charge in [0, 0.05) is 0 Å². The number of hydrogen-bond acceptors (Lipinski definition) is 5. The third-order valence-corrected chi connectivity index (χ3v) is 4.29. The van der Waals surface area contributed by atoms with Gasteiger partial charge in [0.25, 0.3) is 0 Å². The Bertz CT molecular complexity index is 387. The average molecular weight is 282 g/mol. The molecule has 1 N–H and O–H groups in total. The SMILES string of the molecule is COC1=N[C@H](C(C)C)C(OC)=N[C@H]1[C@@H](O)C1CCCC1. The van der Waals surface area contributed by atoms with E-state index in [1.807, 2.05) is 0 Å². The first-order valence-corrected chi connectivity index (χ1v) is 7.50. The minimum atomic E-state index is -0.533. The van der Waals surface area contributed by atoms with Gasteiger partial charge in [-0.05, 0) is 24.7 Å². The van der Waals surface area contributed by atoms with Gasteiger partial charge in [-0.2, -0.15) is 0 Å². The summed E-state index contributed by atoms with van der Waals surface area (Å²) in [6, 6.07) is -0.546. The second-order valence-corrected chi connectivity index (χ2v) is 6.01. The van der Waals surface area contributed by atoms with Crippen molar-refractivity contribution in [3.8, 4) is 0 Å². The molecule has 0 amide bonds. The molecule has 2 rings (SSSR count). The number of aliphatic imine (C=N–C) groups is 2. The van der Waals surface area contributed by atoms with Crippen molar-refractivity contribution in [1.82, 2.24) is 0 Å². The van der Waals surface area contributed by atoms with Gasteiger partial charge >= 0.3 is 0 Å². The van der Waals surface area contributed by atoms with E-state index in [9.17, 15) is 5.11 Å². The highest BCUT2D eigenvalue weighted by Crippen LogP contribution is 2.31. The molecule has 1 aliphatic heterocycles. The van der Waals surface area contributed by atoms with Crippen LogP contribution in [0.3, 0.4) is 0 Å². The number of hydrogen-bond donors (Lipinski definition) is 1. The molecule has 5 heteroatoms. The summed E-state index contributed by atoms with van der Waals surface area (Å²) in [6.45, 7) is 4.15. The maximum atomic E-state index is 10.6. The summed E-state index contributed by atoms with van der Waals surface area (Å²) in [5, 5.41) is 10.6. The van der Waals surface area contributed by atoms with Crippen LogP contribution in [0.25, 0.3) is 0 Å². The second-order valence-electron chi connectivity index (χ2n) is 6.01. The van der Waals surface area contributed by atoms with Gasteiger partial charge in [-0.15, -0.1) is 0 Å². The third kappa shape index (κ3) is 2.97. The van der Waals surface area contributed by atoms with E-state index in [4.69, 9.17) is 9.47 Å². The summed E-state index contributed by atoms with van der Waals surface area (Å²) in [4.78, 5) is 9.19. The van der Waals surface area contributed by atoms with Gasteiger partial charge in [0.15, 0.2) is 6.04 Å². The zero-order valence-corrected chi connectivity index (χ0v) is 12.9. The highest BCUT2D eigenvalue weighted by molar-refractivity contribution is 5.94. The maximum absolute atomic E-state index is 10.6. The summed E-state index contributed by atoms with van der Waals surface area (Å²) in [5.41, 5.74) is 0. The molecule has 0 radical (unpaired) electrons. The Kier molecular flexibility index (Phi) is 5.02. The lowest BCUT2D eigenvalue weighted by Gasteiger charge is -2.31.